The fourth-order valence-corrected chi connectivity index (χ4v) is 4.79. The Labute approximate surface area is 191 Å². The molecule has 2 N–H and O–H groups in total. The van der Waals surface area contributed by atoms with Gasteiger partial charge in [0.1, 0.15) is 6.04 Å². The Bertz CT molecular complexity index is 819. The number of carbonyl (C=O) groups excluding carboxylic acids is 3. The molecule has 2 aliphatic rings. The van der Waals surface area contributed by atoms with Crippen LogP contribution in [-0.4, -0.2) is 59.4 Å². The molecule has 0 radical (unpaired) electrons. The normalized spacial score (nSPS) is 20.7. The highest BCUT2D eigenvalue weighted by Crippen LogP contribution is 2.27. The van der Waals surface area contributed by atoms with Crippen molar-refractivity contribution in [3.63, 3.8) is 0 Å². The fraction of sp³-hybridized carbons (Fsp3) is 0.640. The quantitative estimate of drug-likeness (QED) is 0.728. The summed E-state index contributed by atoms with van der Waals surface area (Å²) in [4.78, 5) is 42.6. The number of rotatable bonds is 5. The van der Waals surface area contributed by atoms with Crippen molar-refractivity contribution >= 4 is 23.5 Å². The highest BCUT2D eigenvalue weighted by atomic mass is 16.2. The molecule has 1 aliphatic carbocycles. The zero-order chi connectivity index (χ0) is 23.3. The van der Waals surface area contributed by atoms with Gasteiger partial charge in [-0.15, -0.1) is 0 Å². The summed E-state index contributed by atoms with van der Waals surface area (Å²) in [7, 11) is 0. The van der Waals surface area contributed by atoms with Crippen LogP contribution in [0.15, 0.2) is 24.3 Å². The SMILES string of the molecule is Cc1ccccc1NC(=O)NC(C(=O)N1CCN(C(=O)C2CCCCC2)C(C)C1)C(C)C. The zero-order valence-electron chi connectivity index (χ0n) is 19.9. The summed E-state index contributed by atoms with van der Waals surface area (Å²) >= 11 is 0. The minimum Gasteiger partial charge on any atom is -0.337 e. The molecule has 1 heterocycles. The topological polar surface area (TPSA) is 81.8 Å². The van der Waals surface area contributed by atoms with E-state index < -0.39 is 6.04 Å². The molecule has 176 valence electrons. The van der Waals surface area contributed by atoms with E-state index in [0.29, 0.717) is 19.6 Å². The number of urea groups is 1. The van der Waals surface area contributed by atoms with Crippen molar-refractivity contribution in [1.29, 1.82) is 0 Å². The maximum absolute atomic E-state index is 13.3. The van der Waals surface area contributed by atoms with E-state index >= 15 is 0 Å². The average Bonchev–Trinajstić information content (AvgIpc) is 2.78. The number of hydrogen-bond acceptors (Lipinski definition) is 3. The highest BCUT2D eigenvalue weighted by Gasteiger charge is 2.36. The van der Waals surface area contributed by atoms with Crippen molar-refractivity contribution in [2.24, 2.45) is 11.8 Å². The number of carbonyl (C=O) groups is 3. The van der Waals surface area contributed by atoms with Crippen molar-refractivity contribution in [2.45, 2.75) is 71.9 Å². The van der Waals surface area contributed by atoms with Crippen LogP contribution in [-0.2, 0) is 9.59 Å². The third-order valence-corrected chi connectivity index (χ3v) is 6.79. The van der Waals surface area contributed by atoms with Crippen LogP contribution in [0.25, 0.3) is 0 Å². The van der Waals surface area contributed by atoms with E-state index in [-0.39, 0.29) is 35.7 Å². The number of piperazine rings is 1. The molecule has 2 atom stereocenters. The number of benzene rings is 1. The Balaban J connectivity index is 1.58. The van der Waals surface area contributed by atoms with Crippen molar-refractivity contribution in [1.82, 2.24) is 15.1 Å². The number of para-hydroxylation sites is 1. The number of amides is 4. The van der Waals surface area contributed by atoms with Gasteiger partial charge in [-0.2, -0.15) is 0 Å². The molecule has 1 aromatic carbocycles. The molecule has 1 saturated carbocycles. The standard InChI is InChI=1S/C25H38N4O3/c1-17(2)22(27-25(32)26-21-13-9-8-10-18(21)3)24(31)28-14-15-29(19(4)16-28)23(30)20-11-6-5-7-12-20/h8-10,13,17,19-20,22H,5-7,11-12,14-16H2,1-4H3,(H2,26,27,32). The molecule has 2 fully saturated rings. The fourth-order valence-electron chi connectivity index (χ4n) is 4.79. The van der Waals surface area contributed by atoms with Gasteiger partial charge in [-0.25, -0.2) is 4.79 Å². The number of anilines is 1. The van der Waals surface area contributed by atoms with Gasteiger partial charge in [-0.1, -0.05) is 51.3 Å². The Kier molecular flexibility index (Phi) is 8.15. The summed E-state index contributed by atoms with van der Waals surface area (Å²) in [5, 5.41) is 5.71. The van der Waals surface area contributed by atoms with Crippen molar-refractivity contribution < 1.29 is 14.4 Å². The average molecular weight is 443 g/mol. The van der Waals surface area contributed by atoms with Crippen LogP contribution < -0.4 is 10.6 Å². The van der Waals surface area contributed by atoms with E-state index in [1.807, 2.05) is 56.9 Å². The van der Waals surface area contributed by atoms with Gasteiger partial charge < -0.3 is 20.4 Å². The highest BCUT2D eigenvalue weighted by molar-refractivity contribution is 5.94. The molecule has 7 heteroatoms. The number of aryl methyl sites for hydroxylation is 1. The van der Waals surface area contributed by atoms with Crippen molar-refractivity contribution in [3.8, 4) is 0 Å². The number of nitrogens with zero attached hydrogens (tertiary/aromatic N) is 2. The Morgan fingerprint density at radius 1 is 1.03 bits per heavy atom. The molecule has 1 aliphatic heterocycles. The zero-order valence-corrected chi connectivity index (χ0v) is 19.9. The molecule has 2 unspecified atom stereocenters. The van der Waals surface area contributed by atoms with Crippen molar-refractivity contribution in [3.05, 3.63) is 29.8 Å². The molecule has 1 saturated heterocycles. The maximum Gasteiger partial charge on any atom is 0.319 e. The van der Waals surface area contributed by atoms with E-state index in [4.69, 9.17) is 0 Å². The monoisotopic (exact) mass is 442 g/mol. The molecule has 7 nitrogen and oxygen atoms in total. The van der Waals surface area contributed by atoms with Gasteiger partial charge in [0, 0.05) is 37.3 Å². The van der Waals surface area contributed by atoms with E-state index in [1.165, 1.54) is 6.42 Å². The first kappa shape index (κ1) is 24.1. The van der Waals surface area contributed by atoms with Crippen LogP contribution in [0.1, 0.15) is 58.4 Å². The molecule has 0 spiro atoms. The molecule has 32 heavy (non-hydrogen) atoms. The smallest absolute Gasteiger partial charge is 0.319 e. The molecule has 4 amide bonds. The minimum atomic E-state index is -0.619. The molecule has 1 aromatic rings. The van der Waals surface area contributed by atoms with Gasteiger partial charge >= 0.3 is 6.03 Å². The van der Waals surface area contributed by atoms with Crippen LogP contribution in [0, 0.1) is 18.8 Å². The summed E-state index contributed by atoms with van der Waals surface area (Å²) < 4.78 is 0. The van der Waals surface area contributed by atoms with E-state index in [9.17, 15) is 14.4 Å². The van der Waals surface area contributed by atoms with Crippen LogP contribution >= 0.6 is 0 Å². The third-order valence-electron chi connectivity index (χ3n) is 6.79. The van der Waals surface area contributed by atoms with Crippen molar-refractivity contribution in [2.75, 3.05) is 25.0 Å². The van der Waals surface area contributed by atoms with Crippen LogP contribution in [0.5, 0.6) is 0 Å². The largest absolute Gasteiger partial charge is 0.337 e. The molecular weight excluding hydrogens is 404 g/mol. The Morgan fingerprint density at radius 3 is 2.34 bits per heavy atom. The van der Waals surface area contributed by atoms with E-state index in [2.05, 4.69) is 10.6 Å². The summed E-state index contributed by atoms with van der Waals surface area (Å²) in [5.41, 5.74) is 1.69. The van der Waals surface area contributed by atoms with E-state index in [0.717, 1.165) is 36.9 Å². The van der Waals surface area contributed by atoms with Gasteiger partial charge in [0.25, 0.3) is 0 Å². The van der Waals surface area contributed by atoms with Crippen LogP contribution in [0.3, 0.4) is 0 Å². The first-order chi connectivity index (χ1) is 15.3. The second-order valence-electron chi connectivity index (χ2n) is 9.63. The van der Waals surface area contributed by atoms with Crippen LogP contribution in [0.4, 0.5) is 10.5 Å². The molecule has 0 bridgehead atoms. The third kappa shape index (κ3) is 5.81. The first-order valence-electron chi connectivity index (χ1n) is 12.0. The maximum atomic E-state index is 13.3. The summed E-state index contributed by atoms with van der Waals surface area (Å²) in [5.74, 6) is 0.253. The minimum absolute atomic E-state index is 0.0178. The van der Waals surface area contributed by atoms with E-state index in [1.54, 1.807) is 4.90 Å². The predicted molar refractivity (Wildman–Crippen MR) is 126 cm³/mol. The Morgan fingerprint density at radius 2 is 1.72 bits per heavy atom. The first-order valence-corrected chi connectivity index (χ1v) is 12.0. The van der Waals surface area contributed by atoms with Gasteiger partial charge in [-0.3, -0.25) is 9.59 Å². The van der Waals surface area contributed by atoms with Crippen LogP contribution in [0.2, 0.25) is 0 Å². The van der Waals surface area contributed by atoms with Gasteiger partial charge in [-0.05, 0) is 44.2 Å². The number of hydrogen-bond donors (Lipinski definition) is 2. The lowest BCUT2D eigenvalue weighted by Gasteiger charge is -2.43. The predicted octanol–water partition coefficient (Wildman–Crippen LogP) is 3.78. The van der Waals surface area contributed by atoms with Gasteiger partial charge in [0.15, 0.2) is 0 Å². The lowest BCUT2D eigenvalue weighted by molar-refractivity contribution is -0.147. The summed E-state index contributed by atoms with van der Waals surface area (Å²) in [6.45, 7) is 9.38. The second-order valence-corrected chi connectivity index (χ2v) is 9.63. The lowest BCUT2D eigenvalue weighted by Crippen LogP contribution is -2.60. The lowest BCUT2D eigenvalue weighted by atomic mass is 9.87. The Hall–Kier alpha value is -2.57. The molecule has 3 rings (SSSR count). The van der Waals surface area contributed by atoms with Gasteiger partial charge in [0.05, 0.1) is 0 Å². The summed E-state index contributed by atoms with van der Waals surface area (Å²) in [6.07, 6.45) is 5.47. The molecular formula is C25H38N4O3. The number of nitrogens with one attached hydrogen (secondary N) is 2. The molecule has 0 aromatic heterocycles. The van der Waals surface area contributed by atoms with Gasteiger partial charge in [0.2, 0.25) is 11.8 Å². The summed E-state index contributed by atoms with van der Waals surface area (Å²) in [6, 6.07) is 6.52. The second kappa shape index (κ2) is 10.8.